The number of nitrogens with one attached hydrogen (secondary N) is 1. The number of aromatic amines is 1. The van der Waals surface area contributed by atoms with Gasteiger partial charge in [-0.25, -0.2) is 4.98 Å². The smallest absolute Gasteiger partial charge is 0.254 e. The van der Waals surface area contributed by atoms with Gasteiger partial charge in [0, 0.05) is 37.4 Å². The number of H-pyrrole nitrogens is 1. The molecule has 0 saturated carbocycles. The Morgan fingerprint density at radius 3 is 2.67 bits per heavy atom. The number of carbonyl (C=O) groups is 1. The largest absolute Gasteiger partial charge is 0.336 e. The van der Waals surface area contributed by atoms with Crippen molar-refractivity contribution in [1.29, 1.82) is 0 Å². The molecule has 2 bridgehead atoms. The molecule has 5 heteroatoms. The molecule has 3 heterocycles. The zero-order valence-electron chi connectivity index (χ0n) is 10.7. The van der Waals surface area contributed by atoms with E-state index >= 15 is 0 Å². The highest BCUT2D eigenvalue weighted by Crippen LogP contribution is 2.32. The van der Waals surface area contributed by atoms with Crippen molar-refractivity contribution in [3.8, 4) is 0 Å². The van der Waals surface area contributed by atoms with Gasteiger partial charge in [0.05, 0.1) is 5.69 Å². The van der Waals surface area contributed by atoms with Crippen molar-refractivity contribution in [3.63, 3.8) is 0 Å². The molecule has 1 aromatic rings. The average molecular weight is 247 g/mol. The summed E-state index contributed by atoms with van der Waals surface area (Å²) < 4.78 is 0. The van der Waals surface area contributed by atoms with Crippen LogP contribution in [-0.2, 0) is 17.6 Å². The quantitative estimate of drug-likeness (QED) is 0.728. The van der Waals surface area contributed by atoms with E-state index < -0.39 is 0 Å². The molecule has 0 aliphatic carbocycles. The lowest BCUT2D eigenvalue weighted by molar-refractivity contribution is -0.131. The zero-order valence-corrected chi connectivity index (χ0v) is 10.7. The fraction of sp³-hybridized carbons (Fsp3) is 0.615. The molecule has 1 saturated heterocycles. The van der Waals surface area contributed by atoms with Crippen molar-refractivity contribution < 1.29 is 4.79 Å². The molecule has 2 aliphatic rings. The van der Waals surface area contributed by atoms with Gasteiger partial charge < -0.3 is 9.88 Å². The molecule has 0 aromatic carbocycles. The Hall–Kier alpha value is -1.65. The van der Waals surface area contributed by atoms with Crippen LogP contribution in [0.5, 0.6) is 0 Å². The van der Waals surface area contributed by atoms with Crippen molar-refractivity contribution in [1.82, 2.24) is 14.9 Å². The summed E-state index contributed by atoms with van der Waals surface area (Å²) in [7, 11) is 0. The Labute approximate surface area is 105 Å². The highest BCUT2D eigenvalue weighted by Gasteiger charge is 2.39. The summed E-state index contributed by atoms with van der Waals surface area (Å²) >= 11 is 0. The molecule has 1 amide bonds. The van der Waals surface area contributed by atoms with Gasteiger partial charge in [-0.1, -0.05) is 0 Å². The molecule has 1 aromatic heterocycles. The summed E-state index contributed by atoms with van der Waals surface area (Å²) in [6.07, 6.45) is 3.39. The van der Waals surface area contributed by atoms with Gasteiger partial charge in [0.2, 0.25) is 5.91 Å². The van der Waals surface area contributed by atoms with Gasteiger partial charge in [-0.3, -0.25) is 9.59 Å². The third kappa shape index (κ3) is 1.65. The summed E-state index contributed by atoms with van der Waals surface area (Å²) in [6.45, 7) is 3.41. The lowest BCUT2D eigenvalue weighted by Gasteiger charge is -2.26. The standard InChI is InChI=1S/C13H17N3O2/c1-7-14-12-6-10-4-3-9(16(10)8(2)17)5-11(12)13(18)15-7/h9-10H,3-6H2,1-2H3,(H,14,15,18). The van der Waals surface area contributed by atoms with E-state index in [0.29, 0.717) is 12.2 Å². The molecule has 96 valence electrons. The van der Waals surface area contributed by atoms with Crippen molar-refractivity contribution in [2.24, 2.45) is 0 Å². The van der Waals surface area contributed by atoms with Crippen LogP contribution in [0.2, 0.25) is 0 Å². The molecule has 1 N–H and O–H groups in total. The normalized spacial score (nSPS) is 25.8. The number of hydrogen-bond donors (Lipinski definition) is 1. The molecule has 3 rings (SSSR count). The van der Waals surface area contributed by atoms with Crippen molar-refractivity contribution >= 4 is 5.91 Å². The minimum Gasteiger partial charge on any atom is -0.336 e. The predicted octanol–water partition coefficient (Wildman–Crippen LogP) is 0.556. The van der Waals surface area contributed by atoms with Gasteiger partial charge in [0.25, 0.3) is 5.56 Å². The lowest BCUT2D eigenvalue weighted by Crippen LogP contribution is -2.40. The van der Waals surface area contributed by atoms with Crippen molar-refractivity contribution in [3.05, 3.63) is 27.4 Å². The Morgan fingerprint density at radius 1 is 1.33 bits per heavy atom. The third-order valence-electron chi connectivity index (χ3n) is 4.07. The van der Waals surface area contributed by atoms with Crippen LogP contribution in [0.1, 0.15) is 36.8 Å². The second-order valence-electron chi connectivity index (χ2n) is 5.30. The highest BCUT2D eigenvalue weighted by atomic mass is 16.2. The van der Waals surface area contributed by atoms with E-state index in [1.54, 1.807) is 13.8 Å². The maximum Gasteiger partial charge on any atom is 0.254 e. The molecule has 2 aliphatic heterocycles. The van der Waals surface area contributed by atoms with Crippen LogP contribution in [0.3, 0.4) is 0 Å². The molecule has 1 fully saturated rings. The summed E-state index contributed by atoms with van der Waals surface area (Å²) in [5, 5.41) is 0. The van der Waals surface area contributed by atoms with Crippen molar-refractivity contribution in [2.75, 3.05) is 0 Å². The van der Waals surface area contributed by atoms with Crippen LogP contribution in [0.4, 0.5) is 0 Å². The van der Waals surface area contributed by atoms with E-state index in [1.165, 1.54) is 0 Å². The number of rotatable bonds is 0. The second kappa shape index (κ2) is 3.93. The van der Waals surface area contributed by atoms with E-state index in [-0.39, 0.29) is 23.6 Å². The topological polar surface area (TPSA) is 66.1 Å². The third-order valence-corrected chi connectivity index (χ3v) is 4.07. The van der Waals surface area contributed by atoms with Crippen LogP contribution in [0.15, 0.2) is 4.79 Å². The van der Waals surface area contributed by atoms with Crippen molar-refractivity contribution in [2.45, 2.75) is 51.6 Å². The minimum absolute atomic E-state index is 0.0337. The number of nitrogens with zero attached hydrogens (tertiary/aromatic N) is 2. The maximum atomic E-state index is 12.0. The molecule has 0 radical (unpaired) electrons. The van der Waals surface area contributed by atoms with Gasteiger partial charge in [-0.2, -0.15) is 0 Å². The number of carbonyl (C=O) groups excluding carboxylic acids is 1. The average Bonchev–Trinajstić information content (AvgIpc) is 2.56. The SMILES string of the molecule is CC(=O)N1C2CCC1Cc1c(nc(C)[nH]c1=O)C2. The Morgan fingerprint density at radius 2 is 2.00 bits per heavy atom. The van der Waals surface area contributed by atoms with Gasteiger partial charge in [-0.15, -0.1) is 0 Å². The monoisotopic (exact) mass is 247 g/mol. The molecule has 0 spiro atoms. The van der Waals surface area contributed by atoms with E-state index in [4.69, 9.17) is 0 Å². The summed E-state index contributed by atoms with van der Waals surface area (Å²) in [5.74, 6) is 0.773. The minimum atomic E-state index is -0.0337. The number of fused-ring (bicyclic) bond motifs is 3. The Bertz CT molecular complexity index is 564. The summed E-state index contributed by atoms with van der Waals surface area (Å²) in [4.78, 5) is 32.9. The van der Waals surface area contributed by atoms with E-state index in [1.807, 2.05) is 4.90 Å². The first kappa shape index (κ1) is 11.4. The summed E-state index contributed by atoms with van der Waals surface area (Å²) in [5.41, 5.74) is 1.63. The lowest BCUT2D eigenvalue weighted by atomic mass is 9.98. The van der Waals surface area contributed by atoms with Gasteiger partial charge >= 0.3 is 0 Å². The number of amides is 1. The first-order valence-corrected chi connectivity index (χ1v) is 6.44. The van der Waals surface area contributed by atoms with Crippen LogP contribution < -0.4 is 5.56 Å². The van der Waals surface area contributed by atoms with Gasteiger partial charge in [-0.05, 0) is 19.8 Å². The molecular weight excluding hydrogens is 230 g/mol. The van der Waals surface area contributed by atoms with Crippen LogP contribution in [-0.4, -0.2) is 32.9 Å². The van der Waals surface area contributed by atoms with Crippen LogP contribution in [0.25, 0.3) is 0 Å². The predicted molar refractivity (Wildman–Crippen MR) is 66.3 cm³/mol. The Balaban J connectivity index is 2.08. The van der Waals surface area contributed by atoms with E-state index in [0.717, 1.165) is 30.5 Å². The van der Waals surface area contributed by atoms with E-state index in [9.17, 15) is 9.59 Å². The Kier molecular flexibility index (Phi) is 2.50. The number of aryl methyl sites for hydroxylation is 1. The summed E-state index contributed by atoms with van der Waals surface area (Å²) in [6, 6.07) is 0.404. The first-order valence-electron chi connectivity index (χ1n) is 6.44. The number of aromatic nitrogens is 2. The highest BCUT2D eigenvalue weighted by molar-refractivity contribution is 5.74. The molecule has 5 nitrogen and oxygen atoms in total. The van der Waals surface area contributed by atoms with Crippen LogP contribution >= 0.6 is 0 Å². The second-order valence-corrected chi connectivity index (χ2v) is 5.30. The van der Waals surface area contributed by atoms with Gasteiger partial charge in [0.1, 0.15) is 5.82 Å². The van der Waals surface area contributed by atoms with Gasteiger partial charge in [0.15, 0.2) is 0 Å². The van der Waals surface area contributed by atoms with Crippen LogP contribution in [0, 0.1) is 6.92 Å². The molecule has 2 atom stereocenters. The zero-order chi connectivity index (χ0) is 12.9. The fourth-order valence-corrected chi connectivity index (χ4v) is 3.38. The fourth-order valence-electron chi connectivity index (χ4n) is 3.38. The maximum absolute atomic E-state index is 12.0. The first-order chi connectivity index (χ1) is 8.56. The van der Waals surface area contributed by atoms with E-state index in [2.05, 4.69) is 9.97 Å². The molecule has 2 unspecified atom stereocenters. The molecular formula is C13H17N3O2. The molecule has 18 heavy (non-hydrogen) atoms. The number of hydrogen-bond acceptors (Lipinski definition) is 3.